The third-order valence-electron chi connectivity index (χ3n) is 1.05. The lowest BCUT2D eigenvalue weighted by molar-refractivity contribution is 0.628. The van der Waals surface area contributed by atoms with Crippen LogP contribution in [-0.2, 0) is 0 Å². The van der Waals surface area contributed by atoms with Gasteiger partial charge in [0, 0.05) is 5.69 Å². The lowest BCUT2D eigenvalue weighted by Crippen LogP contribution is -1.91. The molecule has 0 saturated carbocycles. The fraction of sp³-hybridized carbons (Fsp3) is 0. The molecule has 0 aliphatic rings. The highest BCUT2D eigenvalue weighted by Crippen LogP contribution is 2.07. The molecule has 0 aromatic heterocycles. The van der Waals surface area contributed by atoms with E-state index in [1.807, 2.05) is 0 Å². The van der Waals surface area contributed by atoms with Gasteiger partial charge < -0.3 is 5.32 Å². The predicted molar refractivity (Wildman–Crippen MR) is 43.7 cm³/mol. The van der Waals surface area contributed by atoms with Crippen LogP contribution in [0.15, 0.2) is 24.3 Å². The van der Waals surface area contributed by atoms with E-state index in [4.69, 9.17) is 0 Å². The zero-order chi connectivity index (χ0) is 7.40. The number of nitrogens with one attached hydrogen (secondary N) is 1. The van der Waals surface area contributed by atoms with E-state index in [2.05, 4.69) is 17.5 Å². The lowest BCUT2D eigenvalue weighted by Gasteiger charge is -1.96. The van der Waals surface area contributed by atoms with Crippen LogP contribution in [0.1, 0.15) is 0 Å². The molecule has 1 nitrogen and oxygen atoms in total. The molecule has 0 amide bonds. The normalized spacial score (nSPS) is 8.90. The molecule has 1 aromatic rings. The first-order valence-electron chi connectivity index (χ1n) is 2.78. The fourth-order valence-electron chi connectivity index (χ4n) is 0.646. The topological polar surface area (TPSA) is 12.0 Å². The van der Waals surface area contributed by atoms with Gasteiger partial charge in [-0.15, -0.1) is 0 Å². The van der Waals surface area contributed by atoms with Crippen molar-refractivity contribution < 1.29 is 4.39 Å². The van der Waals surface area contributed by atoms with Gasteiger partial charge in [0.2, 0.25) is 0 Å². The van der Waals surface area contributed by atoms with Gasteiger partial charge in [0.1, 0.15) is 5.82 Å². The van der Waals surface area contributed by atoms with Crippen LogP contribution >= 0.6 is 12.2 Å². The van der Waals surface area contributed by atoms with E-state index in [9.17, 15) is 4.39 Å². The molecule has 0 aliphatic heterocycles. The van der Waals surface area contributed by atoms with Crippen molar-refractivity contribution in [2.24, 2.45) is 0 Å². The maximum absolute atomic E-state index is 12.4. The van der Waals surface area contributed by atoms with Crippen LogP contribution in [0.25, 0.3) is 0 Å². The highest BCUT2D eigenvalue weighted by atomic mass is 32.1. The molecule has 0 saturated heterocycles. The molecule has 52 valence electrons. The molecule has 0 unspecified atom stereocenters. The summed E-state index contributed by atoms with van der Waals surface area (Å²) in [6, 6.07) is 6.12. The van der Waals surface area contributed by atoms with Gasteiger partial charge in [-0.05, 0) is 18.2 Å². The van der Waals surface area contributed by atoms with Gasteiger partial charge in [0.25, 0.3) is 0 Å². The van der Waals surface area contributed by atoms with Gasteiger partial charge in [-0.3, -0.25) is 0 Å². The molecule has 3 heteroatoms. The van der Waals surface area contributed by atoms with Crippen molar-refractivity contribution in [2.75, 3.05) is 5.32 Å². The van der Waals surface area contributed by atoms with Crippen molar-refractivity contribution in [3.05, 3.63) is 30.1 Å². The van der Waals surface area contributed by atoms with Gasteiger partial charge in [0.15, 0.2) is 0 Å². The van der Waals surface area contributed by atoms with Crippen LogP contribution in [-0.4, -0.2) is 5.49 Å². The highest BCUT2D eigenvalue weighted by molar-refractivity contribution is 7.79. The van der Waals surface area contributed by atoms with Crippen molar-refractivity contribution in [3.8, 4) is 0 Å². The lowest BCUT2D eigenvalue weighted by atomic mass is 10.3. The molecular formula is C7H6FNS. The number of hydrogen-bond donors (Lipinski definition) is 1. The van der Waals surface area contributed by atoms with Gasteiger partial charge in [0.05, 0.1) is 5.49 Å². The minimum Gasteiger partial charge on any atom is -0.353 e. The average Bonchev–Trinajstić information content (AvgIpc) is 1.88. The number of thiocarbonyl (C=S) groups is 1. The number of rotatable bonds is 2. The van der Waals surface area contributed by atoms with Crippen molar-refractivity contribution >= 4 is 23.4 Å². The second-order valence-electron chi connectivity index (χ2n) is 1.77. The van der Waals surface area contributed by atoms with Crippen LogP contribution < -0.4 is 5.32 Å². The molecule has 1 rings (SSSR count). The SMILES string of the molecule is Fc1cccc(NC=S)c1. The molecule has 0 heterocycles. The Bertz CT molecular complexity index is 237. The Labute approximate surface area is 63.9 Å². The molecular weight excluding hydrogens is 149 g/mol. The smallest absolute Gasteiger partial charge is 0.125 e. The summed E-state index contributed by atoms with van der Waals surface area (Å²) in [6.07, 6.45) is 0. The third kappa shape index (κ3) is 1.77. The van der Waals surface area contributed by atoms with Gasteiger partial charge in [-0.2, -0.15) is 0 Å². The Morgan fingerprint density at radius 1 is 1.50 bits per heavy atom. The van der Waals surface area contributed by atoms with Crippen molar-refractivity contribution in [1.82, 2.24) is 0 Å². The summed E-state index contributed by atoms with van der Waals surface area (Å²) in [5, 5.41) is 2.70. The second-order valence-corrected chi connectivity index (χ2v) is 2.01. The number of benzene rings is 1. The maximum Gasteiger partial charge on any atom is 0.125 e. The Hall–Kier alpha value is -0.960. The van der Waals surface area contributed by atoms with Crippen molar-refractivity contribution in [2.45, 2.75) is 0 Å². The highest BCUT2D eigenvalue weighted by Gasteiger charge is 1.89. The summed E-state index contributed by atoms with van der Waals surface area (Å²) in [7, 11) is 0. The maximum atomic E-state index is 12.4. The molecule has 1 aromatic carbocycles. The van der Waals surface area contributed by atoms with Crippen LogP contribution in [0, 0.1) is 5.82 Å². The second kappa shape index (κ2) is 3.27. The Kier molecular flexibility index (Phi) is 2.34. The number of anilines is 1. The van der Waals surface area contributed by atoms with E-state index in [-0.39, 0.29) is 5.82 Å². The van der Waals surface area contributed by atoms with Crippen LogP contribution in [0.3, 0.4) is 0 Å². The summed E-state index contributed by atoms with van der Waals surface area (Å²) < 4.78 is 12.4. The summed E-state index contributed by atoms with van der Waals surface area (Å²) in [5.74, 6) is -0.262. The van der Waals surface area contributed by atoms with Crippen LogP contribution in [0.5, 0.6) is 0 Å². The van der Waals surface area contributed by atoms with Gasteiger partial charge in [-0.1, -0.05) is 18.3 Å². The van der Waals surface area contributed by atoms with Crippen LogP contribution in [0.4, 0.5) is 10.1 Å². The first-order valence-corrected chi connectivity index (χ1v) is 3.26. The molecule has 0 spiro atoms. The first kappa shape index (κ1) is 7.15. The molecule has 0 fully saturated rings. The fourth-order valence-corrected chi connectivity index (χ4v) is 0.782. The zero-order valence-corrected chi connectivity index (χ0v) is 5.99. The zero-order valence-electron chi connectivity index (χ0n) is 5.17. The summed E-state index contributed by atoms with van der Waals surface area (Å²) in [6.45, 7) is 0. The van der Waals surface area contributed by atoms with E-state index in [0.717, 1.165) is 0 Å². The molecule has 10 heavy (non-hydrogen) atoms. The first-order chi connectivity index (χ1) is 4.83. The number of hydrogen-bond acceptors (Lipinski definition) is 1. The summed E-state index contributed by atoms with van der Waals surface area (Å²) in [5.41, 5.74) is 2.02. The number of halogens is 1. The third-order valence-corrected chi connectivity index (χ3v) is 1.17. The predicted octanol–water partition coefficient (Wildman–Crippen LogP) is 2.19. The summed E-state index contributed by atoms with van der Waals surface area (Å²) in [4.78, 5) is 0. The molecule has 0 radical (unpaired) electrons. The molecule has 0 bridgehead atoms. The van der Waals surface area contributed by atoms with E-state index >= 15 is 0 Å². The monoisotopic (exact) mass is 155 g/mol. The van der Waals surface area contributed by atoms with Crippen molar-refractivity contribution in [1.29, 1.82) is 0 Å². The van der Waals surface area contributed by atoms with E-state index in [1.165, 1.54) is 17.6 Å². The van der Waals surface area contributed by atoms with Crippen LogP contribution in [0.2, 0.25) is 0 Å². The Balaban J connectivity index is 2.84. The average molecular weight is 155 g/mol. The van der Waals surface area contributed by atoms with Gasteiger partial charge in [-0.25, -0.2) is 4.39 Å². The minimum absolute atomic E-state index is 0.262. The summed E-state index contributed by atoms with van der Waals surface area (Å²) >= 11 is 4.52. The van der Waals surface area contributed by atoms with E-state index in [1.54, 1.807) is 12.1 Å². The van der Waals surface area contributed by atoms with E-state index < -0.39 is 0 Å². The molecule has 0 aliphatic carbocycles. The van der Waals surface area contributed by atoms with E-state index in [0.29, 0.717) is 5.69 Å². The Morgan fingerprint density at radius 2 is 2.30 bits per heavy atom. The quantitative estimate of drug-likeness (QED) is 0.657. The molecule has 0 atom stereocenters. The van der Waals surface area contributed by atoms with Crippen molar-refractivity contribution in [3.63, 3.8) is 0 Å². The standard InChI is InChI=1S/C7H6FNS/c8-6-2-1-3-7(4-6)9-5-10/h1-5H,(H,9,10). The Morgan fingerprint density at radius 3 is 2.90 bits per heavy atom. The minimum atomic E-state index is -0.262. The largest absolute Gasteiger partial charge is 0.353 e. The molecule has 1 N–H and O–H groups in total. The van der Waals surface area contributed by atoms with Gasteiger partial charge >= 0.3 is 0 Å².